The third-order valence-electron chi connectivity index (χ3n) is 5.44. The second kappa shape index (κ2) is 10.7. The van der Waals surface area contributed by atoms with Gasteiger partial charge in [0.2, 0.25) is 11.8 Å². The van der Waals surface area contributed by atoms with Gasteiger partial charge in [0.1, 0.15) is 11.9 Å². The molecule has 0 spiro atoms. The summed E-state index contributed by atoms with van der Waals surface area (Å²) in [5.41, 5.74) is 9.33. The van der Waals surface area contributed by atoms with Gasteiger partial charge in [-0.2, -0.15) is 0 Å². The molecule has 0 radical (unpaired) electrons. The van der Waals surface area contributed by atoms with Gasteiger partial charge in [0, 0.05) is 12.1 Å². The van der Waals surface area contributed by atoms with E-state index < -0.39 is 18.6 Å². The molecule has 0 saturated heterocycles. The van der Waals surface area contributed by atoms with Crippen molar-refractivity contribution in [2.24, 2.45) is 5.73 Å². The Balaban J connectivity index is 1.46. The molecule has 7 N–H and O–H groups in total. The van der Waals surface area contributed by atoms with E-state index in [4.69, 9.17) is 11.1 Å². The van der Waals surface area contributed by atoms with E-state index in [1.54, 1.807) is 24.3 Å². The Morgan fingerprint density at radius 1 is 1.16 bits per heavy atom. The van der Waals surface area contributed by atoms with Gasteiger partial charge in [-0.15, -0.1) is 0 Å². The largest absolute Gasteiger partial charge is 0.394 e. The lowest BCUT2D eigenvalue weighted by molar-refractivity contribution is -0.128. The molecule has 2 unspecified atom stereocenters. The number of fused-ring (bicyclic) bond motifs is 1. The van der Waals surface area contributed by atoms with E-state index in [2.05, 4.69) is 22.0 Å². The first kappa shape index (κ1) is 22.5. The number of nitrogen functional groups attached to an aromatic ring is 1. The van der Waals surface area contributed by atoms with Crippen LogP contribution in [0.25, 0.3) is 0 Å². The Hall–Kier alpha value is -3.23. The fraction of sp³-hybridized carbons (Fsp3) is 0.348. The maximum Gasteiger partial charge on any atom is 0.239 e. The zero-order chi connectivity index (χ0) is 22.2. The number of hydrogen-bond donors (Lipinski definition) is 6. The maximum absolute atomic E-state index is 12.4. The molecule has 2 amide bonds. The van der Waals surface area contributed by atoms with E-state index in [1.165, 1.54) is 5.56 Å². The van der Waals surface area contributed by atoms with Gasteiger partial charge in [-0.3, -0.25) is 20.3 Å². The molecule has 0 aliphatic heterocycles. The molecule has 0 bridgehead atoms. The summed E-state index contributed by atoms with van der Waals surface area (Å²) in [7, 11) is 0. The maximum atomic E-state index is 12.4. The minimum atomic E-state index is -0.837. The predicted octanol–water partition coefficient (Wildman–Crippen LogP) is 0.731. The molecule has 2 atom stereocenters. The Morgan fingerprint density at radius 2 is 1.90 bits per heavy atom. The molecule has 1 aliphatic rings. The van der Waals surface area contributed by atoms with E-state index in [-0.39, 0.29) is 24.3 Å². The first-order valence-corrected chi connectivity index (χ1v) is 10.4. The highest BCUT2D eigenvalue weighted by atomic mass is 16.3. The highest BCUT2D eigenvalue weighted by Gasteiger charge is 2.22. The van der Waals surface area contributed by atoms with Gasteiger partial charge in [-0.05, 0) is 36.0 Å². The quantitative estimate of drug-likeness (QED) is 0.261. The highest BCUT2D eigenvalue weighted by Crippen LogP contribution is 2.29. The average molecular weight is 424 g/mol. The number of nitrogens with two attached hydrogens (primary N) is 1. The van der Waals surface area contributed by atoms with Crippen molar-refractivity contribution in [3.63, 3.8) is 0 Å². The second-order valence-electron chi connectivity index (χ2n) is 7.66. The van der Waals surface area contributed by atoms with Gasteiger partial charge in [-0.25, -0.2) is 0 Å². The van der Waals surface area contributed by atoms with E-state index >= 15 is 0 Å². The zero-order valence-corrected chi connectivity index (χ0v) is 17.4. The molecule has 2 aromatic carbocycles. The number of aliphatic hydroxyl groups excluding tert-OH is 1. The van der Waals surface area contributed by atoms with Gasteiger partial charge >= 0.3 is 0 Å². The first-order valence-electron chi connectivity index (χ1n) is 10.4. The monoisotopic (exact) mass is 423 g/mol. The van der Waals surface area contributed by atoms with Gasteiger partial charge in [-0.1, -0.05) is 48.5 Å². The summed E-state index contributed by atoms with van der Waals surface area (Å²) in [5.74, 6) is -0.712. The molecular formula is C23H29N5O3. The SMILES string of the molecule is N=C(N)c1ccc(CNC(CO)C(=O)NCC(=O)NC2CCCc3ccccc32)cc1. The van der Waals surface area contributed by atoms with Crippen LogP contribution < -0.4 is 21.7 Å². The van der Waals surface area contributed by atoms with Crippen molar-refractivity contribution in [1.29, 1.82) is 5.41 Å². The number of hydrogen-bond acceptors (Lipinski definition) is 5. The predicted molar refractivity (Wildman–Crippen MR) is 118 cm³/mol. The van der Waals surface area contributed by atoms with Crippen LogP contribution >= 0.6 is 0 Å². The van der Waals surface area contributed by atoms with Gasteiger partial charge < -0.3 is 21.5 Å². The number of carbonyl (C=O) groups excluding carboxylic acids is 2. The van der Waals surface area contributed by atoms with Crippen LogP contribution in [0, 0.1) is 5.41 Å². The molecule has 0 heterocycles. The number of amides is 2. The topological polar surface area (TPSA) is 140 Å². The number of carbonyl (C=O) groups is 2. The highest BCUT2D eigenvalue weighted by molar-refractivity contribution is 5.94. The Labute approximate surface area is 181 Å². The van der Waals surface area contributed by atoms with Gasteiger partial charge in [0.25, 0.3) is 0 Å². The van der Waals surface area contributed by atoms with Crippen molar-refractivity contribution in [2.45, 2.75) is 37.9 Å². The van der Waals surface area contributed by atoms with E-state index in [0.717, 1.165) is 30.4 Å². The van der Waals surface area contributed by atoms with Crippen molar-refractivity contribution in [3.05, 3.63) is 70.8 Å². The average Bonchev–Trinajstić information content (AvgIpc) is 2.78. The molecule has 0 saturated carbocycles. The summed E-state index contributed by atoms with van der Waals surface area (Å²) in [5, 5.41) is 25.5. The van der Waals surface area contributed by atoms with Crippen molar-refractivity contribution < 1.29 is 14.7 Å². The normalized spacial score (nSPS) is 16.1. The molecule has 8 nitrogen and oxygen atoms in total. The Morgan fingerprint density at radius 3 is 2.61 bits per heavy atom. The zero-order valence-electron chi connectivity index (χ0n) is 17.4. The fourth-order valence-corrected chi connectivity index (χ4v) is 3.72. The number of nitrogens with one attached hydrogen (secondary N) is 4. The van der Waals surface area contributed by atoms with Crippen LogP contribution in [-0.4, -0.2) is 41.9 Å². The van der Waals surface area contributed by atoms with Crippen LogP contribution in [0.3, 0.4) is 0 Å². The molecule has 2 aromatic rings. The fourth-order valence-electron chi connectivity index (χ4n) is 3.72. The Kier molecular flexibility index (Phi) is 7.75. The number of aliphatic hydroxyl groups is 1. The van der Waals surface area contributed by atoms with E-state index in [1.807, 2.05) is 18.2 Å². The number of aryl methyl sites for hydroxylation is 1. The molecule has 3 rings (SSSR count). The molecule has 8 heteroatoms. The number of amidine groups is 1. The molecule has 1 aliphatic carbocycles. The summed E-state index contributed by atoms with van der Waals surface area (Å²) in [6.07, 6.45) is 2.90. The van der Waals surface area contributed by atoms with Crippen molar-refractivity contribution in [2.75, 3.05) is 13.2 Å². The standard InChI is InChI=1S/C23H29N5O3/c24-22(25)17-10-8-15(9-11-17)12-26-20(14-29)23(31)27-13-21(30)28-19-7-3-5-16-4-1-2-6-18(16)19/h1-2,4,6,8-11,19-20,26,29H,3,5,7,12-14H2,(H3,24,25)(H,27,31)(H,28,30). The van der Waals surface area contributed by atoms with Crippen LogP contribution in [0.15, 0.2) is 48.5 Å². The summed E-state index contributed by atoms with van der Waals surface area (Å²) >= 11 is 0. The minimum Gasteiger partial charge on any atom is -0.394 e. The van der Waals surface area contributed by atoms with Crippen LogP contribution in [0.5, 0.6) is 0 Å². The third kappa shape index (κ3) is 6.13. The van der Waals surface area contributed by atoms with Crippen LogP contribution in [-0.2, 0) is 22.6 Å². The first-order chi connectivity index (χ1) is 15.0. The lowest BCUT2D eigenvalue weighted by Crippen LogP contribution is -2.49. The summed E-state index contributed by atoms with van der Waals surface area (Å²) in [6, 6.07) is 14.3. The lowest BCUT2D eigenvalue weighted by Gasteiger charge is -2.26. The van der Waals surface area contributed by atoms with Crippen molar-refractivity contribution >= 4 is 17.6 Å². The smallest absolute Gasteiger partial charge is 0.239 e. The van der Waals surface area contributed by atoms with Crippen LogP contribution in [0.4, 0.5) is 0 Å². The van der Waals surface area contributed by atoms with Crippen molar-refractivity contribution in [3.8, 4) is 0 Å². The number of rotatable bonds is 9. The summed E-state index contributed by atoms with van der Waals surface area (Å²) in [4.78, 5) is 24.7. The van der Waals surface area contributed by atoms with Gasteiger partial charge in [0.15, 0.2) is 0 Å². The van der Waals surface area contributed by atoms with Crippen LogP contribution in [0.2, 0.25) is 0 Å². The second-order valence-corrected chi connectivity index (χ2v) is 7.66. The van der Waals surface area contributed by atoms with Gasteiger partial charge in [0.05, 0.1) is 19.2 Å². The third-order valence-corrected chi connectivity index (χ3v) is 5.44. The van der Waals surface area contributed by atoms with Crippen molar-refractivity contribution in [1.82, 2.24) is 16.0 Å². The summed E-state index contributed by atoms with van der Waals surface area (Å²) in [6.45, 7) is -0.195. The Bertz CT molecular complexity index is 929. The molecule has 0 aromatic heterocycles. The molecule has 31 heavy (non-hydrogen) atoms. The van der Waals surface area contributed by atoms with E-state index in [0.29, 0.717) is 12.1 Å². The molecular weight excluding hydrogens is 394 g/mol. The number of benzene rings is 2. The summed E-state index contributed by atoms with van der Waals surface area (Å²) < 4.78 is 0. The molecule has 164 valence electrons. The van der Waals surface area contributed by atoms with E-state index in [9.17, 15) is 14.7 Å². The lowest BCUT2D eigenvalue weighted by atomic mass is 9.88. The minimum absolute atomic E-state index is 0.0119. The van der Waals surface area contributed by atoms with Crippen LogP contribution in [0.1, 0.15) is 41.1 Å². The molecule has 0 fully saturated rings.